The highest BCUT2D eigenvalue weighted by Crippen LogP contribution is 2.26. The van der Waals surface area contributed by atoms with Crippen molar-refractivity contribution < 1.29 is 14.7 Å². The van der Waals surface area contributed by atoms with Crippen LogP contribution in [-0.4, -0.2) is 32.3 Å². The molecule has 0 radical (unpaired) electrons. The topological polar surface area (TPSA) is 117 Å². The second-order valence-electron chi connectivity index (χ2n) is 3.51. The monoisotopic (exact) mass is 337 g/mol. The predicted molar refractivity (Wildman–Crippen MR) is 73.6 cm³/mol. The Bertz CT molecular complexity index is 650. The van der Waals surface area contributed by atoms with Crippen LogP contribution in [0.3, 0.4) is 0 Å². The van der Waals surface area contributed by atoms with Crippen LogP contribution in [0.4, 0.5) is 16.4 Å². The number of carbonyl (C=O) groups is 2. The molecule has 20 heavy (non-hydrogen) atoms. The van der Waals surface area contributed by atoms with Crippen LogP contribution < -0.4 is 10.6 Å². The molecule has 0 spiro atoms. The fourth-order valence-corrected chi connectivity index (χ4v) is 1.85. The Morgan fingerprint density at radius 2 is 2.00 bits per heavy atom. The molecule has 1 aromatic carbocycles. The summed E-state index contributed by atoms with van der Waals surface area (Å²) in [6.45, 7) is 0. The lowest BCUT2D eigenvalue weighted by Gasteiger charge is -2.10. The molecule has 2 aromatic rings. The molecule has 0 aliphatic rings. The predicted octanol–water partition coefficient (Wildman–Crippen LogP) is 1.98. The van der Waals surface area contributed by atoms with Crippen molar-refractivity contribution in [2.24, 2.45) is 0 Å². The number of halogens is 1. The van der Waals surface area contributed by atoms with Crippen LogP contribution in [-0.2, 0) is 0 Å². The van der Waals surface area contributed by atoms with Gasteiger partial charge < -0.3 is 10.4 Å². The number of rotatable bonds is 3. The fourth-order valence-electron chi connectivity index (χ4n) is 1.38. The van der Waals surface area contributed by atoms with Crippen LogP contribution in [0.15, 0.2) is 35.1 Å². The molecule has 9 heteroatoms. The van der Waals surface area contributed by atoms with Gasteiger partial charge in [0.05, 0.1) is 23.6 Å². The van der Waals surface area contributed by atoms with Gasteiger partial charge in [-0.15, -0.1) is 5.10 Å². The molecule has 0 saturated heterocycles. The second-order valence-corrected chi connectivity index (χ2v) is 4.37. The molecule has 2 amide bonds. The lowest BCUT2D eigenvalue weighted by Crippen LogP contribution is -2.22. The number of amides is 2. The van der Waals surface area contributed by atoms with E-state index in [1.165, 1.54) is 18.5 Å². The van der Waals surface area contributed by atoms with Crippen LogP contribution in [0.25, 0.3) is 0 Å². The van der Waals surface area contributed by atoms with Crippen molar-refractivity contribution in [2.45, 2.75) is 0 Å². The Kier molecular flexibility index (Phi) is 4.20. The number of para-hydroxylation sites is 1. The van der Waals surface area contributed by atoms with E-state index in [1.54, 1.807) is 12.1 Å². The number of anilines is 2. The number of urea groups is 1. The summed E-state index contributed by atoms with van der Waals surface area (Å²) in [5.74, 6) is -1.15. The molecular formula is C11H8BrN5O3. The van der Waals surface area contributed by atoms with Crippen LogP contribution >= 0.6 is 15.9 Å². The van der Waals surface area contributed by atoms with E-state index in [-0.39, 0.29) is 17.2 Å². The number of nitrogens with zero attached hydrogens (tertiary/aromatic N) is 3. The maximum absolute atomic E-state index is 11.8. The minimum absolute atomic E-state index is 0.00827. The normalized spacial score (nSPS) is 9.85. The first-order valence-electron chi connectivity index (χ1n) is 5.31. The van der Waals surface area contributed by atoms with Gasteiger partial charge in [-0.3, -0.25) is 5.32 Å². The highest BCUT2D eigenvalue weighted by molar-refractivity contribution is 9.10. The zero-order chi connectivity index (χ0) is 14.5. The molecule has 0 bridgehead atoms. The molecule has 1 heterocycles. The van der Waals surface area contributed by atoms with E-state index in [1.807, 2.05) is 0 Å². The number of aromatic carboxylic acids is 1. The number of carboxylic acid groups (broad SMARTS) is 1. The third-order valence-electron chi connectivity index (χ3n) is 2.19. The Morgan fingerprint density at radius 1 is 1.20 bits per heavy atom. The molecule has 0 atom stereocenters. The maximum Gasteiger partial charge on any atom is 0.337 e. The van der Waals surface area contributed by atoms with Crippen LogP contribution in [0, 0.1) is 0 Å². The van der Waals surface area contributed by atoms with E-state index in [4.69, 9.17) is 5.11 Å². The number of carboxylic acids is 1. The molecule has 0 fully saturated rings. The first-order valence-corrected chi connectivity index (χ1v) is 6.10. The molecule has 0 aliphatic heterocycles. The molecule has 1 aromatic heterocycles. The highest BCUT2D eigenvalue weighted by atomic mass is 79.9. The summed E-state index contributed by atoms with van der Waals surface area (Å²) in [4.78, 5) is 26.6. The van der Waals surface area contributed by atoms with Gasteiger partial charge in [0.15, 0.2) is 0 Å². The van der Waals surface area contributed by atoms with E-state index in [0.29, 0.717) is 4.47 Å². The molecular weight excluding hydrogens is 330 g/mol. The van der Waals surface area contributed by atoms with Gasteiger partial charge in [-0.05, 0) is 28.1 Å². The number of aromatic nitrogens is 3. The number of hydrogen-bond acceptors (Lipinski definition) is 5. The van der Waals surface area contributed by atoms with E-state index in [2.05, 4.69) is 41.7 Å². The summed E-state index contributed by atoms with van der Waals surface area (Å²) in [6.07, 6.45) is 2.73. The van der Waals surface area contributed by atoms with Gasteiger partial charge in [0.1, 0.15) is 0 Å². The first kappa shape index (κ1) is 13.9. The summed E-state index contributed by atoms with van der Waals surface area (Å²) in [7, 11) is 0. The standard InChI is InChI=1S/C11H8BrN5O3/c12-7-3-1-2-6(9(18)19)8(7)15-11(20)16-10-13-4-5-14-17-10/h1-5H,(H,18,19)(H2,13,15,16,17,20). The molecule has 102 valence electrons. The third-order valence-corrected chi connectivity index (χ3v) is 2.85. The summed E-state index contributed by atoms with van der Waals surface area (Å²) in [6, 6.07) is 3.87. The van der Waals surface area contributed by atoms with Gasteiger partial charge in [-0.1, -0.05) is 6.07 Å². The van der Waals surface area contributed by atoms with Gasteiger partial charge in [-0.25, -0.2) is 14.6 Å². The van der Waals surface area contributed by atoms with E-state index < -0.39 is 12.0 Å². The van der Waals surface area contributed by atoms with Crippen molar-refractivity contribution in [3.63, 3.8) is 0 Å². The van der Waals surface area contributed by atoms with Crippen molar-refractivity contribution >= 4 is 39.6 Å². The maximum atomic E-state index is 11.8. The molecule has 0 saturated carbocycles. The Hall–Kier alpha value is -2.55. The smallest absolute Gasteiger partial charge is 0.337 e. The number of hydrogen-bond donors (Lipinski definition) is 3. The molecule has 0 aliphatic carbocycles. The minimum Gasteiger partial charge on any atom is -0.478 e. The van der Waals surface area contributed by atoms with Crippen LogP contribution in [0.2, 0.25) is 0 Å². The van der Waals surface area contributed by atoms with Gasteiger partial charge in [0, 0.05) is 4.47 Å². The van der Waals surface area contributed by atoms with E-state index in [9.17, 15) is 9.59 Å². The summed E-state index contributed by atoms with van der Waals surface area (Å²) < 4.78 is 0.444. The molecule has 3 N–H and O–H groups in total. The van der Waals surface area contributed by atoms with Crippen molar-refractivity contribution in [3.8, 4) is 0 Å². The summed E-state index contributed by atoms with van der Waals surface area (Å²) in [5, 5.41) is 21.0. The average molecular weight is 338 g/mol. The summed E-state index contributed by atoms with van der Waals surface area (Å²) in [5.41, 5.74) is 0.100. The van der Waals surface area contributed by atoms with Gasteiger partial charge in [0.25, 0.3) is 5.95 Å². The molecule has 2 rings (SSSR count). The third kappa shape index (κ3) is 3.26. The SMILES string of the molecule is O=C(Nc1nccnn1)Nc1c(Br)cccc1C(=O)O. The van der Waals surface area contributed by atoms with Crippen LogP contribution in [0.1, 0.15) is 10.4 Å². The Balaban J connectivity index is 2.18. The fraction of sp³-hybridized carbons (Fsp3) is 0. The van der Waals surface area contributed by atoms with Crippen molar-refractivity contribution in [2.75, 3.05) is 10.6 Å². The van der Waals surface area contributed by atoms with Gasteiger partial charge >= 0.3 is 12.0 Å². The molecule has 8 nitrogen and oxygen atoms in total. The zero-order valence-corrected chi connectivity index (χ0v) is 11.5. The second kappa shape index (κ2) is 6.06. The Morgan fingerprint density at radius 3 is 2.65 bits per heavy atom. The average Bonchev–Trinajstić information content (AvgIpc) is 2.42. The quantitative estimate of drug-likeness (QED) is 0.788. The lowest BCUT2D eigenvalue weighted by atomic mass is 10.2. The number of benzene rings is 1. The lowest BCUT2D eigenvalue weighted by molar-refractivity contribution is 0.0698. The van der Waals surface area contributed by atoms with E-state index in [0.717, 1.165) is 0 Å². The van der Waals surface area contributed by atoms with Crippen molar-refractivity contribution in [3.05, 3.63) is 40.6 Å². The Labute approximate surface area is 121 Å². The van der Waals surface area contributed by atoms with Crippen LogP contribution in [0.5, 0.6) is 0 Å². The molecule has 0 unspecified atom stereocenters. The van der Waals surface area contributed by atoms with Gasteiger partial charge in [-0.2, -0.15) is 5.10 Å². The van der Waals surface area contributed by atoms with E-state index >= 15 is 0 Å². The minimum atomic E-state index is -1.15. The van der Waals surface area contributed by atoms with Gasteiger partial charge in [0.2, 0.25) is 0 Å². The first-order chi connectivity index (χ1) is 9.58. The number of carbonyl (C=O) groups excluding carboxylic acids is 1. The highest BCUT2D eigenvalue weighted by Gasteiger charge is 2.15. The number of nitrogens with one attached hydrogen (secondary N) is 2. The van der Waals surface area contributed by atoms with Crippen molar-refractivity contribution in [1.29, 1.82) is 0 Å². The zero-order valence-electron chi connectivity index (χ0n) is 9.87. The van der Waals surface area contributed by atoms with Crippen molar-refractivity contribution in [1.82, 2.24) is 15.2 Å². The summed E-state index contributed by atoms with van der Waals surface area (Å²) >= 11 is 3.18. The largest absolute Gasteiger partial charge is 0.478 e.